The van der Waals surface area contributed by atoms with Crippen molar-refractivity contribution in [2.45, 2.75) is 57.6 Å². The Morgan fingerprint density at radius 1 is 1.24 bits per heavy atom. The summed E-state index contributed by atoms with van der Waals surface area (Å²) in [6.45, 7) is 4.67. The first-order chi connectivity index (χ1) is 9.99. The van der Waals surface area contributed by atoms with Crippen LogP contribution < -0.4 is 0 Å². The van der Waals surface area contributed by atoms with Gasteiger partial charge in [0.25, 0.3) is 0 Å². The summed E-state index contributed by atoms with van der Waals surface area (Å²) >= 11 is 0. The van der Waals surface area contributed by atoms with E-state index in [0.29, 0.717) is 12.5 Å². The number of nitrogens with zero attached hydrogens (tertiary/aromatic N) is 1. The molecule has 0 aromatic heterocycles. The van der Waals surface area contributed by atoms with Crippen LogP contribution >= 0.6 is 0 Å². The van der Waals surface area contributed by atoms with Gasteiger partial charge in [-0.25, -0.2) is 0 Å². The molecule has 1 aliphatic rings. The van der Waals surface area contributed by atoms with E-state index >= 15 is 0 Å². The monoisotopic (exact) mass is 289 g/mol. The molecule has 0 radical (unpaired) electrons. The van der Waals surface area contributed by atoms with Gasteiger partial charge in [0.05, 0.1) is 12.6 Å². The highest BCUT2D eigenvalue weighted by Gasteiger charge is 2.27. The number of aliphatic hydroxyl groups excluding tert-OH is 1. The van der Waals surface area contributed by atoms with Crippen LogP contribution in [0.5, 0.6) is 0 Å². The number of ketones is 1. The number of benzene rings is 1. The van der Waals surface area contributed by atoms with Crippen LogP contribution in [-0.2, 0) is 0 Å². The summed E-state index contributed by atoms with van der Waals surface area (Å²) in [6.07, 6.45) is 3.78. The fourth-order valence-electron chi connectivity index (χ4n) is 3.09. The smallest absolute Gasteiger partial charge is 0.176 e. The fourth-order valence-corrected chi connectivity index (χ4v) is 3.09. The van der Waals surface area contributed by atoms with Gasteiger partial charge in [-0.2, -0.15) is 0 Å². The zero-order valence-corrected chi connectivity index (χ0v) is 13.4. The largest absolute Gasteiger partial charge is 0.391 e. The molecule has 0 spiro atoms. The van der Waals surface area contributed by atoms with Crippen LogP contribution in [0.15, 0.2) is 24.3 Å². The predicted molar refractivity (Wildman–Crippen MR) is 85.8 cm³/mol. The normalized spacial score (nSPS) is 22.8. The summed E-state index contributed by atoms with van der Waals surface area (Å²) in [4.78, 5) is 14.4. The molecule has 1 N–H and O–H groups in total. The van der Waals surface area contributed by atoms with Gasteiger partial charge in [-0.05, 0) is 31.4 Å². The quantitative estimate of drug-likeness (QED) is 0.846. The average molecular weight is 289 g/mol. The Kier molecular flexibility index (Phi) is 5.54. The van der Waals surface area contributed by atoms with Gasteiger partial charge in [-0.15, -0.1) is 0 Å². The molecule has 1 aromatic rings. The summed E-state index contributed by atoms with van der Waals surface area (Å²) in [7, 11) is 1.94. The molecule has 3 heteroatoms. The van der Waals surface area contributed by atoms with Crippen LogP contribution in [0.25, 0.3) is 0 Å². The lowest BCUT2D eigenvalue weighted by Gasteiger charge is -2.34. The van der Waals surface area contributed by atoms with Crippen molar-refractivity contribution in [3.63, 3.8) is 0 Å². The zero-order chi connectivity index (χ0) is 15.4. The first kappa shape index (κ1) is 16.2. The van der Waals surface area contributed by atoms with E-state index in [0.717, 1.165) is 31.2 Å². The van der Waals surface area contributed by atoms with Crippen molar-refractivity contribution in [2.24, 2.45) is 0 Å². The molecule has 0 bridgehead atoms. The summed E-state index contributed by atoms with van der Waals surface area (Å²) in [5.74, 6) is 0.611. The van der Waals surface area contributed by atoms with Crippen LogP contribution in [0, 0.1) is 0 Å². The molecular weight excluding hydrogens is 262 g/mol. The Balaban J connectivity index is 1.96. The van der Waals surface area contributed by atoms with Crippen LogP contribution in [0.2, 0.25) is 0 Å². The highest BCUT2D eigenvalue weighted by atomic mass is 16.3. The topological polar surface area (TPSA) is 40.5 Å². The van der Waals surface area contributed by atoms with Crippen LogP contribution in [-0.4, -0.2) is 41.5 Å². The number of likely N-dealkylation sites (N-methyl/N-ethyl adjacent to an activating group) is 1. The van der Waals surface area contributed by atoms with Crippen molar-refractivity contribution < 1.29 is 9.90 Å². The molecule has 0 heterocycles. The Morgan fingerprint density at radius 3 is 2.43 bits per heavy atom. The van der Waals surface area contributed by atoms with Gasteiger partial charge >= 0.3 is 0 Å². The summed E-state index contributed by atoms with van der Waals surface area (Å²) in [5, 5.41) is 10.1. The minimum Gasteiger partial charge on any atom is -0.391 e. The maximum Gasteiger partial charge on any atom is 0.176 e. The second-order valence-corrected chi connectivity index (χ2v) is 6.53. The molecule has 0 aliphatic heterocycles. The van der Waals surface area contributed by atoms with Gasteiger partial charge in [-0.3, -0.25) is 9.69 Å². The highest BCUT2D eigenvalue weighted by Crippen LogP contribution is 2.22. The number of rotatable bonds is 5. The van der Waals surface area contributed by atoms with E-state index in [1.54, 1.807) is 0 Å². The zero-order valence-electron chi connectivity index (χ0n) is 13.4. The van der Waals surface area contributed by atoms with Crippen LogP contribution in [0.1, 0.15) is 61.4 Å². The molecule has 1 aromatic carbocycles. The van der Waals surface area contributed by atoms with E-state index in [4.69, 9.17) is 0 Å². The Morgan fingerprint density at radius 2 is 1.86 bits per heavy atom. The second kappa shape index (κ2) is 7.19. The van der Waals surface area contributed by atoms with E-state index < -0.39 is 0 Å². The summed E-state index contributed by atoms with van der Waals surface area (Å²) in [5.41, 5.74) is 2.01. The number of carbonyl (C=O) groups excluding carboxylic acids is 1. The third kappa shape index (κ3) is 4.14. The molecule has 1 fully saturated rings. The van der Waals surface area contributed by atoms with Crippen LogP contribution in [0.4, 0.5) is 0 Å². The van der Waals surface area contributed by atoms with Gasteiger partial charge in [-0.1, -0.05) is 51.0 Å². The molecular formula is C18H27NO2. The lowest BCUT2D eigenvalue weighted by molar-refractivity contribution is 0.0322. The van der Waals surface area contributed by atoms with Crippen molar-refractivity contribution in [3.8, 4) is 0 Å². The van der Waals surface area contributed by atoms with Gasteiger partial charge in [0.1, 0.15) is 0 Å². The van der Waals surface area contributed by atoms with Crippen LogP contribution in [0.3, 0.4) is 0 Å². The first-order valence-electron chi connectivity index (χ1n) is 8.00. The number of aliphatic hydroxyl groups is 1. The van der Waals surface area contributed by atoms with Gasteiger partial charge in [0.2, 0.25) is 0 Å². The second-order valence-electron chi connectivity index (χ2n) is 6.53. The lowest BCUT2D eigenvalue weighted by Crippen LogP contribution is -2.45. The summed E-state index contributed by atoms with van der Waals surface area (Å²) in [6, 6.07) is 8.03. The number of Topliss-reactive ketones (excluding diaryl/α,β-unsaturated/α-hetero) is 1. The van der Waals surface area contributed by atoms with Crippen molar-refractivity contribution in [3.05, 3.63) is 35.4 Å². The predicted octanol–water partition coefficient (Wildman–Crippen LogP) is 3.23. The Bertz CT molecular complexity index is 467. The minimum atomic E-state index is -0.292. The molecule has 2 atom stereocenters. The fraction of sp³-hybridized carbons (Fsp3) is 0.611. The molecule has 1 aliphatic carbocycles. The third-order valence-corrected chi connectivity index (χ3v) is 4.55. The summed E-state index contributed by atoms with van der Waals surface area (Å²) < 4.78 is 0. The maximum absolute atomic E-state index is 12.4. The Labute approximate surface area is 128 Å². The van der Waals surface area contributed by atoms with E-state index in [9.17, 15) is 9.90 Å². The standard InChI is InChI=1S/C18H27NO2/c1-13(2)14-8-10-15(11-9-14)18(21)12-19(3)16-6-4-5-7-17(16)20/h8-11,13,16-17,20H,4-7,12H2,1-3H3. The van der Waals surface area contributed by atoms with Gasteiger partial charge in [0.15, 0.2) is 5.78 Å². The maximum atomic E-state index is 12.4. The van der Waals surface area contributed by atoms with E-state index in [2.05, 4.69) is 13.8 Å². The first-order valence-corrected chi connectivity index (χ1v) is 8.00. The SMILES string of the molecule is CC(C)c1ccc(C(=O)CN(C)C2CCCCC2O)cc1. The van der Waals surface area contributed by atoms with Crippen molar-refractivity contribution in [1.29, 1.82) is 0 Å². The van der Waals surface area contributed by atoms with E-state index in [1.165, 1.54) is 5.56 Å². The lowest BCUT2D eigenvalue weighted by atomic mass is 9.91. The van der Waals surface area contributed by atoms with E-state index in [-0.39, 0.29) is 17.9 Å². The molecule has 2 rings (SSSR count). The number of carbonyl (C=O) groups is 1. The molecule has 2 unspecified atom stereocenters. The van der Waals surface area contributed by atoms with E-state index in [1.807, 2.05) is 36.2 Å². The minimum absolute atomic E-state index is 0.123. The molecule has 116 valence electrons. The van der Waals surface area contributed by atoms with Crippen molar-refractivity contribution >= 4 is 5.78 Å². The van der Waals surface area contributed by atoms with Gasteiger partial charge < -0.3 is 5.11 Å². The molecule has 3 nitrogen and oxygen atoms in total. The van der Waals surface area contributed by atoms with Crippen molar-refractivity contribution in [2.75, 3.05) is 13.6 Å². The molecule has 21 heavy (non-hydrogen) atoms. The molecule has 0 amide bonds. The number of hydrogen-bond donors (Lipinski definition) is 1. The highest BCUT2D eigenvalue weighted by molar-refractivity contribution is 5.97. The van der Waals surface area contributed by atoms with Crippen molar-refractivity contribution in [1.82, 2.24) is 4.90 Å². The third-order valence-electron chi connectivity index (χ3n) is 4.55. The Hall–Kier alpha value is -1.19. The number of hydrogen-bond acceptors (Lipinski definition) is 3. The van der Waals surface area contributed by atoms with Gasteiger partial charge in [0, 0.05) is 11.6 Å². The molecule has 0 saturated heterocycles. The molecule has 1 saturated carbocycles. The average Bonchev–Trinajstić information content (AvgIpc) is 2.47.